The standard InChI is InChI=1S/C23H24N2O5/c1-14-9-16(15(2)25(14)18-5-6-18)10-17(12-24)23(27)30-13-21(26)20-11-19(28-3)7-8-22(20)29-4/h7-11,18H,5-6,13H2,1-4H3/b17-10+. The van der Waals surface area contributed by atoms with Gasteiger partial charge in [-0.3, -0.25) is 4.79 Å². The summed E-state index contributed by atoms with van der Waals surface area (Å²) >= 11 is 0. The molecule has 3 rings (SSSR count). The maximum Gasteiger partial charge on any atom is 0.349 e. The zero-order valence-corrected chi connectivity index (χ0v) is 17.5. The minimum Gasteiger partial charge on any atom is -0.497 e. The Hall–Kier alpha value is -3.53. The number of aromatic nitrogens is 1. The van der Waals surface area contributed by atoms with Crippen LogP contribution in [-0.2, 0) is 9.53 Å². The Morgan fingerprint density at radius 1 is 1.20 bits per heavy atom. The van der Waals surface area contributed by atoms with E-state index in [1.165, 1.54) is 26.4 Å². The molecule has 30 heavy (non-hydrogen) atoms. The highest BCUT2D eigenvalue weighted by Crippen LogP contribution is 2.38. The smallest absolute Gasteiger partial charge is 0.349 e. The Labute approximate surface area is 175 Å². The van der Waals surface area contributed by atoms with Crippen LogP contribution in [0.25, 0.3) is 6.08 Å². The number of carbonyl (C=O) groups excluding carboxylic acids is 2. The molecule has 1 aliphatic carbocycles. The van der Waals surface area contributed by atoms with Crippen LogP contribution in [0.2, 0.25) is 0 Å². The van der Waals surface area contributed by atoms with Crippen molar-refractivity contribution in [3.8, 4) is 17.6 Å². The van der Waals surface area contributed by atoms with Crippen LogP contribution < -0.4 is 9.47 Å². The van der Waals surface area contributed by atoms with E-state index in [1.807, 2.05) is 26.0 Å². The number of rotatable bonds is 8. The van der Waals surface area contributed by atoms with Gasteiger partial charge < -0.3 is 18.8 Å². The highest BCUT2D eigenvalue weighted by Gasteiger charge is 2.27. The van der Waals surface area contributed by atoms with Crippen molar-refractivity contribution in [1.82, 2.24) is 4.57 Å². The predicted molar refractivity (Wildman–Crippen MR) is 111 cm³/mol. The third kappa shape index (κ3) is 4.38. The Morgan fingerprint density at radius 3 is 2.53 bits per heavy atom. The van der Waals surface area contributed by atoms with Gasteiger partial charge in [-0.15, -0.1) is 0 Å². The number of hydrogen-bond acceptors (Lipinski definition) is 6. The number of ketones is 1. The molecule has 1 saturated carbocycles. The second-order valence-corrected chi connectivity index (χ2v) is 7.16. The number of benzene rings is 1. The van der Waals surface area contributed by atoms with Gasteiger partial charge in [-0.25, -0.2) is 4.79 Å². The van der Waals surface area contributed by atoms with Crippen molar-refractivity contribution in [3.05, 3.63) is 52.4 Å². The first-order valence-electron chi connectivity index (χ1n) is 9.62. The Balaban J connectivity index is 1.74. The van der Waals surface area contributed by atoms with E-state index >= 15 is 0 Å². The van der Waals surface area contributed by atoms with Crippen LogP contribution in [0.15, 0.2) is 29.8 Å². The number of esters is 1. The number of carbonyl (C=O) groups is 2. The first kappa shape index (κ1) is 21.2. The lowest BCUT2D eigenvalue weighted by Gasteiger charge is -2.10. The average molecular weight is 408 g/mol. The fourth-order valence-corrected chi connectivity index (χ4v) is 3.45. The zero-order valence-electron chi connectivity index (χ0n) is 17.5. The van der Waals surface area contributed by atoms with Crippen LogP contribution in [0.1, 0.15) is 46.2 Å². The van der Waals surface area contributed by atoms with Crippen LogP contribution >= 0.6 is 0 Å². The molecule has 0 radical (unpaired) electrons. The van der Waals surface area contributed by atoms with Gasteiger partial charge in [-0.1, -0.05) is 0 Å². The summed E-state index contributed by atoms with van der Waals surface area (Å²) in [5.41, 5.74) is 2.98. The second kappa shape index (κ2) is 8.87. The molecule has 0 unspecified atom stereocenters. The fraction of sp³-hybridized carbons (Fsp3) is 0.348. The Bertz CT molecular complexity index is 1050. The summed E-state index contributed by atoms with van der Waals surface area (Å²) in [5.74, 6) is -0.471. The highest BCUT2D eigenvalue weighted by atomic mass is 16.5. The highest BCUT2D eigenvalue weighted by molar-refractivity contribution is 6.03. The first-order valence-corrected chi connectivity index (χ1v) is 9.62. The van der Waals surface area contributed by atoms with Crippen molar-refractivity contribution in [3.63, 3.8) is 0 Å². The number of nitriles is 1. The molecule has 0 atom stereocenters. The van der Waals surface area contributed by atoms with Crippen molar-refractivity contribution in [2.24, 2.45) is 0 Å². The van der Waals surface area contributed by atoms with Crippen LogP contribution in [0, 0.1) is 25.2 Å². The van der Waals surface area contributed by atoms with Gasteiger partial charge in [0.05, 0.1) is 19.8 Å². The molecular weight excluding hydrogens is 384 g/mol. The molecule has 0 aliphatic heterocycles. The molecule has 0 amide bonds. The predicted octanol–water partition coefficient (Wildman–Crippen LogP) is 3.79. The molecule has 7 heteroatoms. The summed E-state index contributed by atoms with van der Waals surface area (Å²) < 4.78 is 17.7. The normalized spacial score (nSPS) is 13.5. The van der Waals surface area contributed by atoms with E-state index in [0.717, 1.165) is 29.8 Å². The largest absolute Gasteiger partial charge is 0.497 e. The maximum atomic E-state index is 12.5. The lowest BCUT2D eigenvalue weighted by molar-refractivity contribution is -0.137. The van der Waals surface area contributed by atoms with E-state index in [9.17, 15) is 14.9 Å². The van der Waals surface area contributed by atoms with Gasteiger partial charge in [-0.2, -0.15) is 5.26 Å². The van der Waals surface area contributed by atoms with E-state index in [0.29, 0.717) is 17.5 Å². The molecule has 1 aromatic carbocycles. The Morgan fingerprint density at radius 2 is 1.93 bits per heavy atom. The summed E-state index contributed by atoms with van der Waals surface area (Å²) in [4.78, 5) is 24.9. The molecule has 156 valence electrons. The summed E-state index contributed by atoms with van der Waals surface area (Å²) in [7, 11) is 2.93. The van der Waals surface area contributed by atoms with E-state index < -0.39 is 18.4 Å². The number of aryl methyl sites for hydroxylation is 1. The summed E-state index contributed by atoms with van der Waals surface area (Å²) in [6, 6.07) is 9.11. The van der Waals surface area contributed by atoms with E-state index in [2.05, 4.69) is 4.57 Å². The third-order valence-corrected chi connectivity index (χ3v) is 5.12. The van der Waals surface area contributed by atoms with E-state index in [4.69, 9.17) is 14.2 Å². The van der Waals surface area contributed by atoms with Crippen molar-refractivity contribution in [2.45, 2.75) is 32.7 Å². The summed E-state index contributed by atoms with van der Waals surface area (Å²) in [6.45, 7) is 3.46. The minimum absolute atomic E-state index is 0.156. The summed E-state index contributed by atoms with van der Waals surface area (Å²) in [5, 5.41) is 9.43. The van der Waals surface area contributed by atoms with Crippen molar-refractivity contribution in [1.29, 1.82) is 5.26 Å². The Kier molecular flexibility index (Phi) is 6.26. The topological polar surface area (TPSA) is 90.6 Å². The van der Waals surface area contributed by atoms with Crippen LogP contribution in [-0.4, -0.2) is 37.1 Å². The number of nitrogens with zero attached hydrogens (tertiary/aromatic N) is 2. The number of Topliss-reactive ketones (excluding diaryl/α,β-unsaturated/α-hetero) is 1. The fourth-order valence-electron chi connectivity index (χ4n) is 3.45. The molecule has 1 aliphatic rings. The molecule has 1 aromatic heterocycles. The molecule has 2 aromatic rings. The number of methoxy groups -OCH3 is 2. The molecule has 0 N–H and O–H groups in total. The van der Waals surface area contributed by atoms with Crippen LogP contribution in [0.5, 0.6) is 11.5 Å². The molecule has 0 bridgehead atoms. The van der Waals surface area contributed by atoms with Crippen molar-refractivity contribution >= 4 is 17.8 Å². The van der Waals surface area contributed by atoms with Gasteiger partial charge >= 0.3 is 5.97 Å². The first-order chi connectivity index (χ1) is 14.4. The maximum absolute atomic E-state index is 12.5. The van der Waals surface area contributed by atoms with E-state index in [1.54, 1.807) is 12.1 Å². The molecule has 1 fully saturated rings. The monoisotopic (exact) mass is 408 g/mol. The third-order valence-electron chi connectivity index (χ3n) is 5.12. The van der Waals surface area contributed by atoms with Crippen LogP contribution in [0.4, 0.5) is 0 Å². The lowest BCUT2D eigenvalue weighted by atomic mass is 10.1. The average Bonchev–Trinajstić information content (AvgIpc) is 3.54. The molecule has 1 heterocycles. The quantitative estimate of drug-likeness (QED) is 0.286. The SMILES string of the molecule is COc1ccc(OC)c(C(=O)COC(=O)/C(C#N)=C/c2cc(C)n(C3CC3)c2C)c1. The molecule has 7 nitrogen and oxygen atoms in total. The van der Waals surface area contributed by atoms with Crippen LogP contribution in [0.3, 0.4) is 0 Å². The van der Waals surface area contributed by atoms with E-state index in [-0.39, 0.29) is 11.1 Å². The summed E-state index contributed by atoms with van der Waals surface area (Å²) in [6.07, 6.45) is 3.80. The van der Waals surface area contributed by atoms with Crippen molar-refractivity contribution < 1.29 is 23.8 Å². The molecule has 0 spiro atoms. The van der Waals surface area contributed by atoms with Crippen molar-refractivity contribution in [2.75, 3.05) is 20.8 Å². The lowest BCUT2D eigenvalue weighted by Crippen LogP contribution is -2.16. The van der Waals surface area contributed by atoms with Gasteiger partial charge in [0.25, 0.3) is 0 Å². The molecule has 0 saturated heterocycles. The van der Waals surface area contributed by atoms with Gasteiger partial charge in [0.2, 0.25) is 5.78 Å². The molecular formula is C23H24N2O5. The van der Waals surface area contributed by atoms with Gasteiger partial charge in [-0.05, 0) is 62.6 Å². The number of hydrogen-bond donors (Lipinski definition) is 0. The van der Waals surface area contributed by atoms with Gasteiger partial charge in [0, 0.05) is 17.4 Å². The second-order valence-electron chi connectivity index (χ2n) is 7.16. The number of ether oxygens (including phenoxy) is 3. The van der Waals surface area contributed by atoms with Gasteiger partial charge in [0.1, 0.15) is 23.1 Å². The zero-order chi connectivity index (χ0) is 21.8. The van der Waals surface area contributed by atoms with Gasteiger partial charge in [0.15, 0.2) is 6.61 Å². The minimum atomic E-state index is -0.844.